The largest absolute Gasteiger partial charge is 0.495 e. The fourth-order valence-electron chi connectivity index (χ4n) is 5.04. The number of ether oxygens (including phenoxy) is 2. The predicted octanol–water partition coefficient (Wildman–Crippen LogP) is 3.29. The molecule has 34 heavy (non-hydrogen) atoms. The Morgan fingerprint density at radius 3 is 2.65 bits per heavy atom. The number of likely N-dealkylation sites (tertiary alicyclic amines) is 1. The molecule has 1 amide bonds. The molecule has 0 bridgehead atoms. The molecule has 2 N–H and O–H groups in total. The molecule has 1 aliphatic carbocycles. The summed E-state index contributed by atoms with van der Waals surface area (Å²) in [6.07, 6.45) is 0.862. The highest BCUT2D eigenvalue weighted by molar-refractivity contribution is 7.92. The number of amides is 1. The molecule has 5 rings (SSSR count). The molecule has 1 saturated carbocycles. The van der Waals surface area contributed by atoms with Gasteiger partial charge in [-0.25, -0.2) is 12.8 Å². The Kier molecular flexibility index (Phi) is 5.68. The third kappa shape index (κ3) is 3.78. The van der Waals surface area contributed by atoms with Gasteiger partial charge in [-0.05, 0) is 50.1 Å². The maximum atomic E-state index is 14.7. The molecule has 182 valence electrons. The summed E-state index contributed by atoms with van der Waals surface area (Å²) in [6, 6.07) is 9.53. The summed E-state index contributed by atoms with van der Waals surface area (Å²) in [5.74, 6) is 0.375. The summed E-state index contributed by atoms with van der Waals surface area (Å²) in [5.41, 5.74) is 0.769. The number of methoxy groups -OCH3 is 1. The molecule has 1 spiro atoms. The summed E-state index contributed by atoms with van der Waals surface area (Å²) in [6.45, 7) is 0.937. The van der Waals surface area contributed by atoms with Crippen LogP contribution in [0.3, 0.4) is 0 Å². The molecule has 10 heteroatoms. The summed E-state index contributed by atoms with van der Waals surface area (Å²) in [5, 5.41) is 2.92. The number of rotatable bonds is 6. The molecule has 0 aromatic heterocycles. The number of halogens is 1. The molecular weight excluding hydrogens is 461 g/mol. The Bertz CT molecular complexity index is 1230. The number of piperidine rings is 1. The average molecular weight is 490 g/mol. The molecule has 3 aliphatic rings. The van der Waals surface area contributed by atoms with Gasteiger partial charge in [-0.15, -0.1) is 0 Å². The fraction of sp³-hybridized carbons (Fsp3) is 0.458. The summed E-state index contributed by atoms with van der Waals surface area (Å²) in [7, 11) is -0.737. The van der Waals surface area contributed by atoms with Gasteiger partial charge in [0.1, 0.15) is 28.7 Å². The van der Waals surface area contributed by atoms with E-state index in [1.54, 1.807) is 24.3 Å². The van der Waals surface area contributed by atoms with Gasteiger partial charge in [-0.2, -0.15) is 0 Å². The normalized spacial score (nSPS) is 23.7. The van der Waals surface area contributed by atoms with Gasteiger partial charge in [0.15, 0.2) is 0 Å². The zero-order valence-electron chi connectivity index (χ0n) is 19.1. The number of hydrogen-bond acceptors (Lipinski definition) is 6. The van der Waals surface area contributed by atoms with Crippen LogP contribution >= 0.6 is 0 Å². The first kappa shape index (κ1) is 22.9. The van der Waals surface area contributed by atoms with Crippen LogP contribution in [0.1, 0.15) is 31.2 Å². The molecule has 2 unspecified atom stereocenters. The zero-order valence-corrected chi connectivity index (χ0v) is 20.0. The van der Waals surface area contributed by atoms with Gasteiger partial charge in [-0.1, -0.05) is 18.6 Å². The van der Waals surface area contributed by atoms with E-state index in [-0.39, 0.29) is 34.5 Å². The molecule has 2 fully saturated rings. The molecule has 2 aromatic rings. The lowest BCUT2D eigenvalue weighted by molar-refractivity contribution is -0.123. The van der Waals surface area contributed by atoms with Crippen LogP contribution in [0.25, 0.3) is 0 Å². The van der Waals surface area contributed by atoms with Gasteiger partial charge < -0.3 is 19.7 Å². The third-order valence-corrected chi connectivity index (χ3v) is 8.49. The molecule has 2 atom stereocenters. The van der Waals surface area contributed by atoms with E-state index in [2.05, 4.69) is 10.0 Å². The predicted molar refractivity (Wildman–Crippen MR) is 126 cm³/mol. The van der Waals surface area contributed by atoms with Crippen LogP contribution in [-0.4, -0.2) is 58.7 Å². The number of alkyl halides is 1. The Morgan fingerprint density at radius 1 is 1.21 bits per heavy atom. The Balaban J connectivity index is 1.54. The van der Waals surface area contributed by atoms with Crippen molar-refractivity contribution in [2.75, 3.05) is 37.3 Å². The van der Waals surface area contributed by atoms with Gasteiger partial charge in [0, 0.05) is 19.2 Å². The fourth-order valence-corrected chi connectivity index (χ4v) is 6.25. The van der Waals surface area contributed by atoms with Crippen molar-refractivity contribution in [3.8, 4) is 11.5 Å². The van der Waals surface area contributed by atoms with Crippen molar-refractivity contribution in [2.45, 2.75) is 48.3 Å². The molecule has 0 radical (unpaired) electrons. The number of nitrogens with one attached hydrogen (secondary N) is 2. The minimum absolute atomic E-state index is 0.00725. The van der Waals surface area contributed by atoms with Crippen LogP contribution in [0.2, 0.25) is 0 Å². The number of para-hydroxylation sites is 1. The van der Waals surface area contributed by atoms with Crippen molar-refractivity contribution in [1.82, 2.24) is 4.90 Å². The van der Waals surface area contributed by atoms with E-state index >= 15 is 0 Å². The van der Waals surface area contributed by atoms with Crippen LogP contribution in [0.15, 0.2) is 41.3 Å². The standard InChI is InChI=1S/C24H28FN3O5S/c1-28-11-8-18(17(25)14-28)33-20-13-15(12-16-22(20)26-23(29)24(16)9-5-10-24)27-34(30,31)21-7-4-3-6-19(21)32-2/h3-4,6-7,12-13,17-18,27H,5,8-11,14H2,1-2H3,(H,26,29). The molecule has 1 saturated heterocycles. The minimum atomic E-state index is -4.00. The number of hydrogen-bond donors (Lipinski definition) is 2. The van der Waals surface area contributed by atoms with Gasteiger partial charge >= 0.3 is 0 Å². The second-order valence-corrected chi connectivity index (χ2v) is 10.9. The number of fused-ring (bicyclic) bond motifs is 2. The number of benzene rings is 2. The highest BCUT2D eigenvalue weighted by atomic mass is 32.2. The summed E-state index contributed by atoms with van der Waals surface area (Å²) < 4.78 is 55.1. The number of carbonyl (C=O) groups excluding carboxylic acids is 1. The number of nitrogens with zero attached hydrogens (tertiary/aromatic N) is 1. The quantitative estimate of drug-likeness (QED) is 0.647. The number of anilines is 2. The van der Waals surface area contributed by atoms with Crippen molar-refractivity contribution in [1.29, 1.82) is 0 Å². The van der Waals surface area contributed by atoms with Crippen LogP contribution in [0, 0.1) is 0 Å². The second kappa shape index (κ2) is 8.42. The van der Waals surface area contributed by atoms with Crippen molar-refractivity contribution in [3.05, 3.63) is 42.0 Å². The van der Waals surface area contributed by atoms with Crippen molar-refractivity contribution in [2.24, 2.45) is 0 Å². The van der Waals surface area contributed by atoms with Crippen LogP contribution in [-0.2, 0) is 20.2 Å². The van der Waals surface area contributed by atoms with Gasteiger partial charge in [-0.3, -0.25) is 9.52 Å². The smallest absolute Gasteiger partial charge is 0.265 e. The molecule has 8 nitrogen and oxygen atoms in total. The molecular formula is C24H28FN3O5S. The Labute approximate surface area is 198 Å². The van der Waals surface area contributed by atoms with Crippen LogP contribution in [0.5, 0.6) is 11.5 Å². The topological polar surface area (TPSA) is 97.0 Å². The van der Waals surface area contributed by atoms with Crippen LogP contribution < -0.4 is 19.5 Å². The summed E-state index contributed by atoms with van der Waals surface area (Å²) in [4.78, 5) is 14.8. The maximum Gasteiger partial charge on any atom is 0.265 e. The first-order valence-electron chi connectivity index (χ1n) is 11.4. The monoisotopic (exact) mass is 489 g/mol. The van der Waals surface area contributed by atoms with Crippen molar-refractivity contribution < 1.29 is 27.1 Å². The van der Waals surface area contributed by atoms with E-state index in [1.807, 2.05) is 11.9 Å². The average Bonchev–Trinajstić information content (AvgIpc) is 3.07. The van der Waals surface area contributed by atoms with Crippen molar-refractivity contribution >= 4 is 27.3 Å². The van der Waals surface area contributed by atoms with E-state index in [9.17, 15) is 17.6 Å². The SMILES string of the molecule is COc1ccccc1S(=O)(=O)Nc1cc(OC2CCN(C)CC2F)c2c(c1)C1(CCC1)C(=O)N2. The highest BCUT2D eigenvalue weighted by Gasteiger charge is 2.52. The summed E-state index contributed by atoms with van der Waals surface area (Å²) >= 11 is 0. The lowest BCUT2D eigenvalue weighted by atomic mass is 9.65. The lowest BCUT2D eigenvalue weighted by Crippen LogP contribution is -2.45. The maximum absolute atomic E-state index is 14.7. The zero-order chi connectivity index (χ0) is 24.1. The van der Waals surface area contributed by atoms with Crippen LogP contribution in [0.4, 0.5) is 15.8 Å². The highest BCUT2D eigenvalue weighted by Crippen LogP contribution is 2.54. The van der Waals surface area contributed by atoms with E-state index in [0.29, 0.717) is 37.1 Å². The Morgan fingerprint density at radius 2 is 1.97 bits per heavy atom. The molecule has 2 heterocycles. The van der Waals surface area contributed by atoms with Gasteiger partial charge in [0.25, 0.3) is 10.0 Å². The van der Waals surface area contributed by atoms with E-state index in [0.717, 1.165) is 6.42 Å². The van der Waals surface area contributed by atoms with E-state index in [4.69, 9.17) is 9.47 Å². The third-order valence-electron chi connectivity index (χ3n) is 7.07. The Hall–Kier alpha value is -2.85. The first-order valence-corrected chi connectivity index (χ1v) is 12.9. The number of carbonyl (C=O) groups is 1. The second-order valence-electron chi connectivity index (χ2n) is 9.27. The first-order chi connectivity index (χ1) is 16.2. The van der Waals surface area contributed by atoms with Crippen molar-refractivity contribution in [3.63, 3.8) is 0 Å². The van der Waals surface area contributed by atoms with E-state index < -0.39 is 27.7 Å². The van der Waals surface area contributed by atoms with Gasteiger partial charge in [0.05, 0.1) is 23.9 Å². The number of sulfonamides is 1. The minimum Gasteiger partial charge on any atom is -0.495 e. The molecule has 2 aromatic carbocycles. The lowest BCUT2D eigenvalue weighted by Gasteiger charge is -2.36. The van der Waals surface area contributed by atoms with E-state index in [1.165, 1.54) is 19.2 Å². The van der Waals surface area contributed by atoms with Gasteiger partial charge in [0.2, 0.25) is 5.91 Å². The molecule has 2 aliphatic heterocycles.